The number of hydrogen-bond acceptors (Lipinski definition) is 4. The van der Waals surface area contributed by atoms with Crippen LogP contribution in [-0.4, -0.2) is 37.8 Å². The fourth-order valence-corrected chi connectivity index (χ4v) is 3.04. The van der Waals surface area contributed by atoms with Crippen molar-refractivity contribution in [1.29, 1.82) is 0 Å². The SMILES string of the molecule is O=S(=O)(NCCC1CCCO1)c1c[nH]c(CO)c1. The predicted octanol–water partition coefficient (Wildman–Crippen LogP) is 0.354. The monoisotopic (exact) mass is 274 g/mol. The highest BCUT2D eigenvalue weighted by Crippen LogP contribution is 2.15. The van der Waals surface area contributed by atoms with Crippen molar-refractivity contribution in [3.8, 4) is 0 Å². The zero-order valence-corrected chi connectivity index (χ0v) is 10.9. The lowest BCUT2D eigenvalue weighted by molar-refractivity contribution is 0.105. The molecule has 0 aliphatic carbocycles. The summed E-state index contributed by atoms with van der Waals surface area (Å²) in [6.45, 7) is 0.938. The molecule has 7 heteroatoms. The van der Waals surface area contributed by atoms with Gasteiger partial charge in [0.2, 0.25) is 10.0 Å². The first-order chi connectivity index (χ1) is 8.62. The molecule has 0 saturated carbocycles. The molecule has 0 amide bonds. The Bertz CT molecular complexity index is 477. The van der Waals surface area contributed by atoms with E-state index < -0.39 is 10.0 Å². The van der Waals surface area contributed by atoms with Crippen LogP contribution in [0.4, 0.5) is 0 Å². The molecule has 1 aliphatic heterocycles. The number of ether oxygens (including phenoxy) is 1. The zero-order chi connectivity index (χ0) is 13.0. The minimum absolute atomic E-state index is 0.152. The molecule has 3 N–H and O–H groups in total. The maximum Gasteiger partial charge on any atom is 0.242 e. The summed E-state index contributed by atoms with van der Waals surface area (Å²) in [5.74, 6) is 0. The fourth-order valence-electron chi connectivity index (χ4n) is 1.97. The molecular weight excluding hydrogens is 256 g/mol. The van der Waals surface area contributed by atoms with Crippen molar-refractivity contribution in [2.75, 3.05) is 13.2 Å². The molecule has 6 nitrogen and oxygen atoms in total. The quantitative estimate of drug-likeness (QED) is 0.698. The molecule has 1 atom stereocenters. The minimum atomic E-state index is -3.49. The molecule has 1 fully saturated rings. The lowest BCUT2D eigenvalue weighted by Crippen LogP contribution is -2.27. The van der Waals surface area contributed by atoms with Crippen LogP contribution in [0.25, 0.3) is 0 Å². The molecule has 18 heavy (non-hydrogen) atoms. The van der Waals surface area contributed by atoms with Gasteiger partial charge in [-0.3, -0.25) is 0 Å². The smallest absolute Gasteiger partial charge is 0.242 e. The van der Waals surface area contributed by atoms with Gasteiger partial charge < -0.3 is 14.8 Å². The third-order valence-corrected chi connectivity index (χ3v) is 4.42. The van der Waals surface area contributed by atoms with E-state index in [9.17, 15) is 8.42 Å². The second-order valence-electron chi connectivity index (χ2n) is 4.34. The van der Waals surface area contributed by atoms with Crippen molar-refractivity contribution in [3.63, 3.8) is 0 Å². The first-order valence-electron chi connectivity index (χ1n) is 6.01. The molecule has 2 rings (SSSR count). The number of hydrogen-bond donors (Lipinski definition) is 3. The molecule has 1 unspecified atom stereocenters. The maximum absolute atomic E-state index is 11.9. The van der Waals surface area contributed by atoms with E-state index in [1.807, 2.05) is 0 Å². The Morgan fingerprint density at radius 1 is 1.56 bits per heavy atom. The standard InChI is InChI=1S/C11H18N2O4S/c14-8-9-6-11(7-12-9)18(15,16)13-4-3-10-2-1-5-17-10/h6-7,10,12-14H,1-5,8H2. The Kier molecular flexibility index (Phi) is 4.39. The second-order valence-corrected chi connectivity index (χ2v) is 6.11. The lowest BCUT2D eigenvalue weighted by atomic mass is 10.2. The molecule has 1 aliphatic rings. The van der Waals surface area contributed by atoms with Gasteiger partial charge in [-0.25, -0.2) is 13.1 Å². The van der Waals surface area contributed by atoms with Crippen LogP contribution < -0.4 is 4.72 Å². The number of H-pyrrole nitrogens is 1. The van der Waals surface area contributed by atoms with E-state index in [1.165, 1.54) is 12.3 Å². The van der Waals surface area contributed by atoms with Crippen LogP contribution in [0.15, 0.2) is 17.2 Å². The Balaban J connectivity index is 1.86. The summed E-state index contributed by atoms with van der Waals surface area (Å²) in [5.41, 5.74) is 0.481. The Morgan fingerprint density at radius 2 is 2.39 bits per heavy atom. The topological polar surface area (TPSA) is 91.4 Å². The number of aliphatic hydroxyl groups excluding tert-OH is 1. The van der Waals surface area contributed by atoms with Crippen LogP contribution in [0.2, 0.25) is 0 Å². The summed E-state index contributed by atoms with van der Waals surface area (Å²) in [6, 6.07) is 1.43. The molecule has 1 saturated heterocycles. The Labute approximate surface area is 106 Å². The largest absolute Gasteiger partial charge is 0.390 e. The highest BCUT2D eigenvalue weighted by atomic mass is 32.2. The molecular formula is C11H18N2O4S. The second kappa shape index (κ2) is 5.83. The van der Waals surface area contributed by atoms with Gasteiger partial charge in [0.1, 0.15) is 0 Å². The zero-order valence-electron chi connectivity index (χ0n) is 10.1. The van der Waals surface area contributed by atoms with Gasteiger partial charge in [-0.15, -0.1) is 0 Å². The first-order valence-corrected chi connectivity index (χ1v) is 7.49. The Hall–Kier alpha value is -0.890. The number of aromatic nitrogens is 1. The molecule has 1 aromatic heterocycles. The summed E-state index contributed by atoms with van der Waals surface area (Å²) in [6.07, 6.45) is 4.29. The van der Waals surface area contributed by atoms with Crippen molar-refractivity contribution < 1.29 is 18.3 Å². The van der Waals surface area contributed by atoms with E-state index in [2.05, 4.69) is 9.71 Å². The van der Waals surface area contributed by atoms with Crippen LogP contribution in [-0.2, 0) is 21.4 Å². The molecule has 1 aromatic rings. The third kappa shape index (κ3) is 3.32. The number of aliphatic hydroxyl groups is 1. The summed E-state index contributed by atoms with van der Waals surface area (Å²) in [7, 11) is -3.49. The van der Waals surface area contributed by atoms with E-state index in [0.29, 0.717) is 18.7 Å². The number of nitrogens with one attached hydrogen (secondary N) is 2. The highest BCUT2D eigenvalue weighted by Gasteiger charge is 2.18. The van der Waals surface area contributed by atoms with Crippen molar-refractivity contribution in [1.82, 2.24) is 9.71 Å². The van der Waals surface area contributed by atoms with Gasteiger partial charge in [-0.05, 0) is 25.3 Å². The average Bonchev–Trinajstić information content (AvgIpc) is 2.99. The summed E-state index contributed by atoms with van der Waals surface area (Å²) >= 11 is 0. The van der Waals surface area contributed by atoms with Crippen LogP contribution in [0.5, 0.6) is 0 Å². The van der Waals surface area contributed by atoms with Crippen LogP contribution >= 0.6 is 0 Å². The molecule has 0 spiro atoms. The maximum atomic E-state index is 11.9. The molecule has 0 bridgehead atoms. The normalized spacial score (nSPS) is 20.4. The highest BCUT2D eigenvalue weighted by molar-refractivity contribution is 7.89. The van der Waals surface area contributed by atoms with Gasteiger partial charge in [-0.2, -0.15) is 0 Å². The van der Waals surface area contributed by atoms with Gasteiger partial charge in [0.25, 0.3) is 0 Å². The molecule has 0 aromatic carbocycles. The van der Waals surface area contributed by atoms with Gasteiger partial charge in [0.15, 0.2) is 0 Å². The number of aromatic amines is 1. The van der Waals surface area contributed by atoms with Crippen molar-refractivity contribution in [2.45, 2.75) is 36.9 Å². The minimum Gasteiger partial charge on any atom is -0.390 e. The van der Waals surface area contributed by atoms with E-state index in [0.717, 1.165) is 19.4 Å². The number of sulfonamides is 1. The molecule has 102 valence electrons. The Morgan fingerprint density at radius 3 is 3.00 bits per heavy atom. The van der Waals surface area contributed by atoms with Crippen LogP contribution in [0.3, 0.4) is 0 Å². The summed E-state index contributed by atoms with van der Waals surface area (Å²) < 4.78 is 31.7. The van der Waals surface area contributed by atoms with Crippen LogP contribution in [0, 0.1) is 0 Å². The van der Waals surface area contributed by atoms with E-state index >= 15 is 0 Å². The first kappa shape index (κ1) is 13.5. The van der Waals surface area contributed by atoms with Gasteiger partial charge in [-0.1, -0.05) is 0 Å². The van der Waals surface area contributed by atoms with Gasteiger partial charge in [0.05, 0.1) is 17.6 Å². The van der Waals surface area contributed by atoms with Crippen molar-refractivity contribution in [3.05, 3.63) is 18.0 Å². The van der Waals surface area contributed by atoms with E-state index in [-0.39, 0.29) is 17.6 Å². The predicted molar refractivity (Wildman–Crippen MR) is 65.5 cm³/mol. The third-order valence-electron chi connectivity index (χ3n) is 2.98. The van der Waals surface area contributed by atoms with Crippen molar-refractivity contribution >= 4 is 10.0 Å². The summed E-state index contributed by atoms with van der Waals surface area (Å²) in [4.78, 5) is 2.85. The number of rotatable bonds is 6. The van der Waals surface area contributed by atoms with Gasteiger partial charge >= 0.3 is 0 Å². The van der Waals surface area contributed by atoms with E-state index in [4.69, 9.17) is 9.84 Å². The molecule has 2 heterocycles. The van der Waals surface area contributed by atoms with Gasteiger partial charge in [0, 0.05) is 25.0 Å². The summed E-state index contributed by atoms with van der Waals surface area (Å²) in [5, 5.41) is 8.87. The van der Waals surface area contributed by atoms with Crippen LogP contribution in [0.1, 0.15) is 25.0 Å². The van der Waals surface area contributed by atoms with Crippen molar-refractivity contribution in [2.24, 2.45) is 0 Å². The fraction of sp³-hybridized carbons (Fsp3) is 0.636. The molecule has 0 radical (unpaired) electrons. The van der Waals surface area contributed by atoms with E-state index in [1.54, 1.807) is 0 Å². The average molecular weight is 274 g/mol. The lowest BCUT2D eigenvalue weighted by Gasteiger charge is -2.09.